The number of aromatic nitrogens is 2. The van der Waals surface area contributed by atoms with E-state index in [0.717, 1.165) is 18.9 Å². The van der Waals surface area contributed by atoms with Gasteiger partial charge in [0.2, 0.25) is 0 Å². The Morgan fingerprint density at radius 3 is 2.95 bits per heavy atom. The molecule has 2 aromatic heterocycles. The van der Waals surface area contributed by atoms with Crippen LogP contribution < -0.4 is 5.32 Å². The molecule has 2 heterocycles. The van der Waals surface area contributed by atoms with Crippen molar-refractivity contribution in [2.75, 3.05) is 13.7 Å². The lowest BCUT2D eigenvalue weighted by molar-refractivity contribution is 0.183. The number of hydrogen-bond acceptors (Lipinski definition) is 4. The van der Waals surface area contributed by atoms with Crippen LogP contribution in [0, 0.1) is 0 Å². The Morgan fingerprint density at radius 2 is 2.37 bits per heavy atom. The number of methoxy groups -OCH3 is 1. The summed E-state index contributed by atoms with van der Waals surface area (Å²) in [6.07, 6.45) is 4.82. The van der Waals surface area contributed by atoms with E-state index in [1.807, 2.05) is 19.4 Å². The van der Waals surface area contributed by atoms with Crippen LogP contribution in [0.2, 0.25) is 0 Å². The van der Waals surface area contributed by atoms with Gasteiger partial charge in [-0.15, -0.1) is 11.3 Å². The maximum atomic E-state index is 5.14. The van der Waals surface area contributed by atoms with Gasteiger partial charge >= 0.3 is 0 Å². The van der Waals surface area contributed by atoms with Crippen molar-refractivity contribution in [2.24, 2.45) is 7.05 Å². The van der Waals surface area contributed by atoms with Crippen LogP contribution in [0.4, 0.5) is 0 Å². The van der Waals surface area contributed by atoms with E-state index >= 15 is 0 Å². The van der Waals surface area contributed by atoms with Gasteiger partial charge in [0.05, 0.1) is 0 Å². The van der Waals surface area contributed by atoms with Crippen LogP contribution >= 0.6 is 11.3 Å². The van der Waals surface area contributed by atoms with Crippen molar-refractivity contribution >= 4 is 11.3 Å². The molecule has 0 aliphatic heterocycles. The van der Waals surface area contributed by atoms with Gasteiger partial charge < -0.3 is 14.6 Å². The Morgan fingerprint density at radius 1 is 1.53 bits per heavy atom. The zero-order valence-corrected chi connectivity index (χ0v) is 12.5. The fourth-order valence-corrected chi connectivity index (χ4v) is 2.84. The lowest BCUT2D eigenvalue weighted by Gasteiger charge is -2.22. The molecule has 0 aliphatic rings. The third-order valence-electron chi connectivity index (χ3n) is 3.15. The molecule has 19 heavy (non-hydrogen) atoms. The van der Waals surface area contributed by atoms with E-state index in [9.17, 15) is 0 Å². The molecule has 0 fully saturated rings. The minimum absolute atomic E-state index is 0.145. The number of ether oxygens (including phenoxy) is 1. The summed E-state index contributed by atoms with van der Waals surface area (Å²) in [6.45, 7) is 2.95. The molecule has 2 aromatic rings. The van der Waals surface area contributed by atoms with Crippen molar-refractivity contribution < 1.29 is 4.74 Å². The van der Waals surface area contributed by atoms with Crippen LogP contribution in [0.25, 0.3) is 0 Å². The first-order chi connectivity index (χ1) is 9.22. The molecular weight excluding hydrogens is 258 g/mol. The molecule has 104 valence electrons. The molecule has 0 bridgehead atoms. The summed E-state index contributed by atoms with van der Waals surface area (Å²) in [5, 5.41) is 5.75. The molecule has 2 atom stereocenters. The number of rotatable bonds is 7. The van der Waals surface area contributed by atoms with Crippen molar-refractivity contribution in [1.82, 2.24) is 14.9 Å². The lowest BCUT2D eigenvalue weighted by atomic mass is 10.1. The van der Waals surface area contributed by atoms with Gasteiger partial charge in [-0.1, -0.05) is 6.07 Å². The number of hydrogen-bond donors (Lipinski definition) is 1. The first-order valence-electron chi connectivity index (χ1n) is 6.48. The average molecular weight is 279 g/mol. The number of thiophene rings is 1. The molecule has 0 aliphatic carbocycles. The maximum absolute atomic E-state index is 5.14. The molecular formula is C14H21N3OS. The number of aryl methyl sites for hydroxylation is 1. The van der Waals surface area contributed by atoms with E-state index < -0.39 is 0 Å². The van der Waals surface area contributed by atoms with Gasteiger partial charge in [0, 0.05) is 44.1 Å². The SMILES string of the molecule is COCCC(C)NC(c1cccs1)c1nccn1C. The van der Waals surface area contributed by atoms with Crippen LogP contribution in [0.1, 0.15) is 30.1 Å². The average Bonchev–Trinajstić information content (AvgIpc) is 3.05. The first-order valence-corrected chi connectivity index (χ1v) is 7.36. The highest BCUT2D eigenvalue weighted by Crippen LogP contribution is 2.25. The molecule has 0 spiro atoms. The largest absolute Gasteiger partial charge is 0.385 e. The summed E-state index contributed by atoms with van der Waals surface area (Å²) < 4.78 is 7.21. The van der Waals surface area contributed by atoms with Gasteiger partial charge in [-0.25, -0.2) is 4.98 Å². The third-order valence-corrected chi connectivity index (χ3v) is 4.09. The van der Waals surface area contributed by atoms with E-state index in [1.54, 1.807) is 18.4 Å². The van der Waals surface area contributed by atoms with E-state index in [0.29, 0.717) is 6.04 Å². The van der Waals surface area contributed by atoms with Crippen LogP contribution in [-0.4, -0.2) is 29.3 Å². The molecule has 0 aromatic carbocycles. The van der Waals surface area contributed by atoms with E-state index in [2.05, 4.69) is 39.3 Å². The molecule has 0 radical (unpaired) electrons. The summed E-state index contributed by atoms with van der Waals surface area (Å²) >= 11 is 1.76. The molecule has 2 rings (SSSR count). The van der Waals surface area contributed by atoms with Gasteiger partial charge in [-0.05, 0) is 24.8 Å². The maximum Gasteiger partial charge on any atom is 0.131 e. The fraction of sp³-hybridized carbons (Fsp3) is 0.500. The Bertz CT molecular complexity index is 481. The van der Waals surface area contributed by atoms with Crippen molar-refractivity contribution in [2.45, 2.75) is 25.4 Å². The minimum Gasteiger partial charge on any atom is -0.385 e. The third kappa shape index (κ3) is 3.65. The molecule has 5 heteroatoms. The second-order valence-corrected chi connectivity index (χ2v) is 5.67. The smallest absolute Gasteiger partial charge is 0.131 e. The van der Waals surface area contributed by atoms with Crippen LogP contribution in [-0.2, 0) is 11.8 Å². The second kappa shape index (κ2) is 6.84. The minimum atomic E-state index is 0.145. The molecule has 4 nitrogen and oxygen atoms in total. The van der Waals surface area contributed by atoms with Gasteiger partial charge in [-0.2, -0.15) is 0 Å². The van der Waals surface area contributed by atoms with Gasteiger partial charge in [0.1, 0.15) is 11.9 Å². The zero-order chi connectivity index (χ0) is 13.7. The lowest BCUT2D eigenvalue weighted by Crippen LogP contribution is -2.33. The van der Waals surface area contributed by atoms with E-state index in [-0.39, 0.29) is 6.04 Å². The van der Waals surface area contributed by atoms with Gasteiger partial charge in [0.25, 0.3) is 0 Å². The highest BCUT2D eigenvalue weighted by Gasteiger charge is 2.20. The fourth-order valence-electron chi connectivity index (χ4n) is 2.06. The first kappa shape index (κ1) is 14.2. The summed E-state index contributed by atoms with van der Waals surface area (Å²) in [4.78, 5) is 5.77. The topological polar surface area (TPSA) is 39.1 Å². The van der Waals surface area contributed by atoms with Crippen molar-refractivity contribution in [1.29, 1.82) is 0 Å². The quantitative estimate of drug-likeness (QED) is 0.846. The second-order valence-electron chi connectivity index (χ2n) is 4.69. The van der Waals surface area contributed by atoms with Crippen LogP contribution in [0.5, 0.6) is 0 Å². The Balaban J connectivity index is 2.14. The van der Waals surface area contributed by atoms with Crippen molar-refractivity contribution in [3.8, 4) is 0 Å². The highest BCUT2D eigenvalue weighted by atomic mass is 32.1. The Hall–Kier alpha value is -1.17. The number of nitrogens with zero attached hydrogens (tertiary/aromatic N) is 2. The van der Waals surface area contributed by atoms with Gasteiger partial charge in [-0.3, -0.25) is 0 Å². The molecule has 0 saturated carbocycles. The molecule has 2 unspecified atom stereocenters. The summed E-state index contributed by atoms with van der Waals surface area (Å²) in [6, 6.07) is 4.76. The summed E-state index contributed by atoms with van der Waals surface area (Å²) in [5.41, 5.74) is 0. The molecule has 0 amide bonds. The summed E-state index contributed by atoms with van der Waals surface area (Å²) in [7, 11) is 3.77. The highest BCUT2D eigenvalue weighted by molar-refractivity contribution is 7.10. The predicted octanol–water partition coefficient (Wildman–Crippen LogP) is 2.59. The number of imidazole rings is 1. The normalized spacial score (nSPS) is 14.5. The molecule has 1 N–H and O–H groups in total. The van der Waals surface area contributed by atoms with Gasteiger partial charge in [0.15, 0.2) is 0 Å². The van der Waals surface area contributed by atoms with Crippen molar-refractivity contribution in [3.05, 3.63) is 40.6 Å². The van der Waals surface area contributed by atoms with E-state index in [1.165, 1.54) is 4.88 Å². The standard InChI is InChI=1S/C14H21N3OS/c1-11(6-9-18-3)16-13(12-5-4-10-19-12)14-15-7-8-17(14)2/h4-5,7-8,10-11,13,16H,6,9H2,1-3H3. The Labute approximate surface area is 118 Å². The molecule has 0 saturated heterocycles. The van der Waals surface area contributed by atoms with Crippen LogP contribution in [0.3, 0.4) is 0 Å². The van der Waals surface area contributed by atoms with E-state index in [4.69, 9.17) is 4.74 Å². The predicted molar refractivity (Wildman–Crippen MR) is 78.5 cm³/mol. The van der Waals surface area contributed by atoms with Crippen molar-refractivity contribution in [3.63, 3.8) is 0 Å². The Kier molecular flexibility index (Phi) is 5.13. The van der Waals surface area contributed by atoms with Crippen LogP contribution in [0.15, 0.2) is 29.9 Å². The zero-order valence-electron chi connectivity index (χ0n) is 11.7. The summed E-state index contributed by atoms with van der Waals surface area (Å²) in [5.74, 6) is 1.05. The number of nitrogens with one attached hydrogen (secondary N) is 1. The monoisotopic (exact) mass is 279 g/mol.